The summed E-state index contributed by atoms with van der Waals surface area (Å²) in [6, 6.07) is 0. The summed E-state index contributed by atoms with van der Waals surface area (Å²) < 4.78 is 3.88. The van der Waals surface area contributed by atoms with Crippen molar-refractivity contribution in [2.24, 2.45) is 0 Å². The minimum absolute atomic E-state index is 0.766. The Balaban J connectivity index is 1.69. The first-order valence-corrected chi connectivity index (χ1v) is 6.65. The van der Waals surface area contributed by atoms with Crippen molar-refractivity contribution in [1.29, 1.82) is 0 Å². The molecule has 0 radical (unpaired) electrons. The highest BCUT2D eigenvalue weighted by Gasteiger charge is 2.03. The van der Waals surface area contributed by atoms with E-state index in [2.05, 4.69) is 10.2 Å². The summed E-state index contributed by atoms with van der Waals surface area (Å²) in [6.07, 6.45) is 6.93. The summed E-state index contributed by atoms with van der Waals surface area (Å²) in [5.41, 5.74) is 15.0. The van der Waals surface area contributed by atoms with Gasteiger partial charge < -0.3 is 11.5 Å². The summed E-state index contributed by atoms with van der Waals surface area (Å²) in [4.78, 5) is 0. The average Bonchev–Trinajstić information content (AvgIpc) is 2.86. The highest BCUT2D eigenvalue weighted by molar-refractivity contribution is 5.39. The summed E-state index contributed by atoms with van der Waals surface area (Å²) in [6.45, 7) is 5.76. The molecule has 0 bridgehead atoms. The van der Waals surface area contributed by atoms with E-state index in [1.807, 2.05) is 29.4 Å². The van der Waals surface area contributed by atoms with Crippen molar-refractivity contribution in [3.8, 4) is 0 Å². The van der Waals surface area contributed by atoms with E-state index < -0.39 is 0 Å². The molecule has 0 aromatic carbocycles. The van der Waals surface area contributed by atoms with Crippen LogP contribution in [0, 0.1) is 13.8 Å². The second-order valence-corrected chi connectivity index (χ2v) is 4.90. The Hall–Kier alpha value is -1.98. The SMILES string of the molecule is Cc1nn(CCCCCn2ncc(N)c2C)cc1N. The third-order valence-electron chi connectivity index (χ3n) is 3.38. The Morgan fingerprint density at radius 3 is 2.37 bits per heavy atom. The number of nitrogen functional groups attached to an aromatic ring is 2. The second kappa shape index (κ2) is 5.77. The molecule has 0 saturated heterocycles. The van der Waals surface area contributed by atoms with Crippen LogP contribution in [0.15, 0.2) is 12.4 Å². The van der Waals surface area contributed by atoms with Gasteiger partial charge in [0, 0.05) is 19.3 Å². The van der Waals surface area contributed by atoms with Gasteiger partial charge in [0.2, 0.25) is 0 Å². The van der Waals surface area contributed by atoms with Gasteiger partial charge in [0.1, 0.15) is 0 Å². The molecule has 0 spiro atoms. The first-order valence-electron chi connectivity index (χ1n) is 6.65. The van der Waals surface area contributed by atoms with Crippen LogP contribution in [0.2, 0.25) is 0 Å². The molecule has 2 heterocycles. The molecule has 104 valence electrons. The Morgan fingerprint density at radius 1 is 1.05 bits per heavy atom. The quantitative estimate of drug-likeness (QED) is 0.776. The van der Waals surface area contributed by atoms with Crippen molar-refractivity contribution in [1.82, 2.24) is 19.6 Å². The standard InChI is InChI=1S/C13H22N6/c1-10-13(15)9-18(17-10)6-4-3-5-7-19-11(2)12(14)8-16-19/h8-9H,3-7,14-15H2,1-2H3. The van der Waals surface area contributed by atoms with Gasteiger partial charge in [-0.05, 0) is 33.1 Å². The number of nitrogens with zero attached hydrogens (tertiary/aromatic N) is 4. The number of rotatable bonds is 6. The molecule has 2 rings (SSSR count). The van der Waals surface area contributed by atoms with E-state index in [9.17, 15) is 0 Å². The predicted molar refractivity (Wildman–Crippen MR) is 76.6 cm³/mol. The molecule has 2 aromatic rings. The van der Waals surface area contributed by atoms with Gasteiger partial charge >= 0.3 is 0 Å². The molecule has 0 atom stereocenters. The van der Waals surface area contributed by atoms with Crippen LogP contribution in [0.4, 0.5) is 11.4 Å². The molecule has 0 amide bonds. The third-order valence-corrected chi connectivity index (χ3v) is 3.38. The van der Waals surface area contributed by atoms with E-state index in [0.717, 1.165) is 55.1 Å². The van der Waals surface area contributed by atoms with E-state index >= 15 is 0 Å². The number of hydrogen-bond acceptors (Lipinski definition) is 4. The van der Waals surface area contributed by atoms with Crippen LogP contribution < -0.4 is 11.5 Å². The molecule has 0 aliphatic heterocycles. The molecule has 0 fully saturated rings. The first-order chi connectivity index (χ1) is 9.08. The number of unbranched alkanes of at least 4 members (excludes halogenated alkanes) is 2. The fraction of sp³-hybridized carbons (Fsp3) is 0.538. The second-order valence-electron chi connectivity index (χ2n) is 4.90. The highest BCUT2D eigenvalue weighted by atomic mass is 15.3. The zero-order chi connectivity index (χ0) is 13.8. The van der Waals surface area contributed by atoms with E-state index in [-0.39, 0.29) is 0 Å². The molecular formula is C13H22N6. The van der Waals surface area contributed by atoms with Gasteiger partial charge in [-0.15, -0.1) is 0 Å². The molecule has 19 heavy (non-hydrogen) atoms. The first kappa shape index (κ1) is 13.5. The van der Waals surface area contributed by atoms with Crippen molar-refractivity contribution in [3.63, 3.8) is 0 Å². The van der Waals surface area contributed by atoms with Gasteiger partial charge in [0.25, 0.3) is 0 Å². The van der Waals surface area contributed by atoms with Crippen molar-refractivity contribution in [3.05, 3.63) is 23.8 Å². The molecule has 6 heteroatoms. The largest absolute Gasteiger partial charge is 0.396 e. The zero-order valence-electron chi connectivity index (χ0n) is 11.6. The lowest BCUT2D eigenvalue weighted by Gasteiger charge is -2.05. The molecule has 0 saturated carbocycles. The minimum atomic E-state index is 0.766. The van der Waals surface area contributed by atoms with Crippen molar-refractivity contribution >= 4 is 11.4 Å². The Labute approximate surface area is 113 Å². The van der Waals surface area contributed by atoms with Gasteiger partial charge in [-0.1, -0.05) is 0 Å². The van der Waals surface area contributed by atoms with E-state index in [1.54, 1.807) is 6.20 Å². The predicted octanol–water partition coefficient (Wildman–Crippen LogP) is 1.73. The Morgan fingerprint density at radius 2 is 1.79 bits per heavy atom. The monoisotopic (exact) mass is 262 g/mol. The summed E-state index contributed by atoms with van der Waals surface area (Å²) in [7, 11) is 0. The fourth-order valence-corrected chi connectivity index (χ4v) is 2.05. The number of hydrogen-bond donors (Lipinski definition) is 2. The van der Waals surface area contributed by atoms with Crippen LogP contribution in [0.5, 0.6) is 0 Å². The highest BCUT2D eigenvalue weighted by Crippen LogP contribution is 2.11. The van der Waals surface area contributed by atoms with E-state index in [4.69, 9.17) is 11.5 Å². The normalized spacial score (nSPS) is 11.1. The van der Waals surface area contributed by atoms with Gasteiger partial charge in [-0.3, -0.25) is 9.36 Å². The fourth-order valence-electron chi connectivity index (χ4n) is 2.05. The minimum Gasteiger partial charge on any atom is -0.396 e. The Kier molecular flexibility index (Phi) is 4.09. The topological polar surface area (TPSA) is 87.7 Å². The molecule has 4 N–H and O–H groups in total. The van der Waals surface area contributed by atoms with E-state index in [1.165, 1.54) is 0 Å². The lowest BCUT2D eigenvalue weighted by Crippen LogP contribution is -2.04. The van der Waals surface area contributed by atoms with Crippen LogP contribution in [0.3, 0.4) is 0 Å². The number of nitrogens with two attached hydrogens (primary N) is 2. The molecule has 0 aliphatic carbocycles. The average molecular weight is 262 g/mol. The van der Waals surface area contributed by atoms with Crippen molar-refractivity contribution in [2.45, 2.75) is 46.2 Å². The third kappa shape index (κ3) is 3.27. The summed E-state index contributed by atoms with van der Waals surface area (Å²) in [5, 5.41) is 8.58. The maximum Gasteiger partial charge on any atom is 0.0822 e. The molecular weight excluding hydrogens is 240 g/mol. The maximum absolute atomic E-state index is 5.76. The van der Waals surface area contributed by atoms with Crippen molar-refractivity contribution in [2.75, 3.05) is 11.5 Å². The smallest absolute Gasteiger partial charge is 0.0822 e. The van der Waals surface area contributed by atoms with Crippen LogP contribution in [0.1, 0.15) is 30.7 Å². The summed E-state index contributed by atoms with van der Waals surface area (Å²) in [5.74, 6) is 0. The van der Waals surface area contributed by atoms with Crippen LogP contribution in [-0.4, -0.2) is 19.6 Å². The lowest BCUT2D eigenvalue weighted by atomic mass is 10.2. The molecule has 0 unspecified atom stereocenters. The maximum atomic E-state index is 5.76. The zero-order valence-corrected chi connectivity index (χ0v) is 11.6. The van der Waals surface area contributed by atoms with Gasteiger partial charge in [0.15, 0.2) is 0 Å². The number of anilines is 2. The Bertz CT molecular complexity index is 520. The molecule has 6 nitrogen and oxygen atoms in total. The lowest BCUT2D eigenvalue weighted by molar-refractivity contribution is 0.496. The van der Waals surface area contributed by atoms with Crippen LogP contribution in [0.25, 0.3) is 0 Å². The van der Waals surface area contributed by atoms with Crippen LogP contribution >= 0.6 is 0 Å². The van der Waals surface area contributed by atoms with Gasteiger partial charge in [0.05, 0.1) is 29.0 Å². The van der Waals surface area contributed by atoms with Gasteiger partial charge in [-0.2, -0.15) is 10.2 Å². The summed E-state index contributed by atoms with van der Waals surface area (Å²) >= 11 is 0. The molecule has 2 aromatic heterocycles. The van der Waals surface area contributed by atoms with Crippen molar-refractivity contribution < 1.29 is 0 Å². The van der Waals surface area contributed by atoms with E-state index in [0.29, 0.717) is 0 Å². The van der Waals surface area contributed by atoms with Gasteiger partial charge in [-0.25, -0.2) is 0 Å². The molecule has 0 aliphatic rings. The van der Waals surface area contributed by atoms with Crippen LogP contribution in [-0.2, 0) is 13.1 Å². The number of aryl methyl sites for hydroxylation is 3. The number of aromatic nitrogens is 4.